The second-order valence-electron chi connectivity index (χ2n) is 32.8. The molecular formula is C92H176O17P2. The Labute approximate surface area is 682 Å². The van der Waals surface area contributed by atoms with Crippen LogP contribution < -0.4 is 0 Å². The molecular weight excluding hydrogens is 1440 g/mol. The molecule has 19 heteroatoms. The summed E-state index contributed by atoms with van der Waals surface area (Å²) in [6.45, 7) is 7.37. The zero-order valence-corrected chi connectivity index (χ0v) is 74.4. The molecule has 0 amide bonds. The van der Waals surface area contributed by atoms with E-state index in [0.717, 1.165) is 109 Å². The van der Waals surface area contributed by atoms with E-state index in [1.165, 1.54) is 289 Å². The molecule has 0 saturated carbocycles. The van der Waals surface area contributed by atoms with Gasteiger partial charge in [0.2, 0.25) is 0 Å². The summed E-state index contributed by atoms with van der Waals surface area (Å²) in [4.78, 5) is 73.4. The molecule has 0 spiro atoms. The van der Waals surface area contributed by atoms with Gasteiger partial charge in [-0.1, -0.05) is 425 Å². The maximum Gasteiger partial charge on any atom is 0.472 e. The molecule has 2 unspecified atom stereocenters. The first kappa shape index (κ1) is 109. The highest BCUT2D eigenvalue weighted by Crippen LogP contribution is 2.45. The van der Waals surface area contributed by atoms with Crippen LogP contribution in [-0.4, -0.2) is 96.7 Å². The van der Waals surface area contributed by atoms with Crippen LogP contribution in [0.5, 0.6) is 0 Å². The van der Waals surface area contributed by atoms with Crippen LogP contribution in [0.3, 0.4) is 0 Å². The number of phosphoric acid groups is 2. The third kappa shape index (κ3) is 85.2. The topological polar surface area (TPSA) is 237 Å². The van der Waals surface area contributed by atoms with Crippen molar-refractivity contribution in [2.24, 2.45) is 5.92 Å². The van der Waals surface area contributed by atoms with Gasteiger partial charge in [0, 0.05) is 25.7 Å². The van der Waals surface area contributed by atoms with Crippen molar-refractivity contribution in [2.75, 3.05) is 39.6 Å². The van der Waals surface area contributed by atoms with Gasteiger partial charge in [-0.15, -0.1) is 0 Å². The summed E-state index contributed by atoms with van der Waals surface area (Å²) >= 11 is 0. The molecule has 0 aliphatic rings. The van der Waals surface area contributed by atoms with Crippen molar-refractivity contribution < 1.29 is 80.2 Å². The fourth-order valence-corrected chi connectivity index (χ4v) is 15.6. The van der Waals surface area contributed by atoms with Gasteiger partial charge in [0.1, 0.15) is 19.3 Å². The SMILES string of the molecule is CCCCCC/C=C\C=C/CCCCCCCC(=O)O[C@H](COC(=O)CCCCCCCCCCCCCCC)COP(=O)(O)OC[C@H](O)COP(=O)(O)OC[C@@H](COC(=O)CCCCCCCCCCCCCCCCCCCCC(C)C)OC(=O)CCCCCCCCCCCCCCCCCCCCCCCC. The molecule has 0 radical (unpaired) electrons. The highest BCUT2D eigenvalue weighted by Gasteiger charge is 2.31. The number of hydrogen-bond acceptors (Lipinski definition) is 15. The van der Waals surface area contributed by atoms with Gasteiger partial charge in [0.05, 0.1) is 26.4 Å². The Morgan fingerprint density at radius 1 is 0.279 bits per heavy atom. The Balaban J connectivity index is 5.26. The van der Waals surface area contributed by atoms with Crippen LogP contribution in [0.1, 0.15) is 478 Å². The second kappa shape index (κ2) is 84.0. The lowest BCUT2D eigenvalue weighted by Gasteiger charge is -2.21. The number of aliphatic hydroxyl groups excluding tert-OH is 1. The zero-order valence-electron chi connectivity index (χ0n) is 72.6. The first-order valence-corrected chi connectivity index (χ1v) is 49.9. The van der Waals surface area contributed by atoms with E-state index in [9.17, 15) is 43.2 Å². The van der Waals surface area contributed by atoms with Crippen LogP contribution in [0, 0.1) is 5.92 Å². The molecule has 0 aromatic carbocycles. The third-order valence-electron chi connectivity index (χ3n) is 21.2. The number of hydrogen-bond donors (Lipinski definition) is 3. The molecule has 111 heavy (non-hydrogen) atoms. The van der Waals surface area contributed by atoms with E-state index < -0.39 is 97.5 Å². The van der Waals surface area contributed by atoms with Gasteiger partial charge in [0.15, 0.2) is 12.2 Å². The van der Waals surface area contributed by atoms with Gasteiger partial charge in [-0.05, 0) is 57.3 Å². The van der Waals surface area contributed by atoms with E-state index in [0.29, 0.717) is 25.7 Å². The molecule has 17 nitrogen and oxygen atoms in total. The van der Waals surface area contributed by atoms with Crippen molar-refractivity contribution in [1.82, 2.24) is 0 Å². The minimum atomic E-state index is -4.97. The van der Waals surface area contributed by atoms with Gasteiger partial charge >= 0.3 is 39.5 Å². The van der Waals surface area contributed by atoms with E-state index in [1.54, 1.807) is 0 Å². The minimum absolute atomic E-state index is 0.0861. The fraction of sp³-hybridized carbons (Fsp3) is 0.913. The van der Waals surface area contributed by atoms with Crippen LogP contribution in [0.25, 0.3) is 0 Å². The van der Waals surface area contributed by atoms with E-state index in [2.05, 4.69) is 58.9 Å². The number of carbonyl (C=O) groups excluding carboxylic acids is 4. The molecule has 0 aliphatic carbocycles. The Morgan fingerprint density at radius 3 is 0.739 bits per heavy atom. The van der Waals surface area contributed by atoms with E-state index >= 15 is 0 Å². The maximum atomic E-state index is 13.2. The van der Waals surface area contributed by atoms with Crippen LogP contribution in [-0.2, 0) is 65.4 Å². The number of allylic oxidation sites excluding steroid dienone is 4. The molecule has 0 rings (SSSR count). The maximum absolute atomic E-state index is 13.2. The van der Waals surface area contributed by atoms with Gasteiger partial charge in [-0.2, -0.15) is 0 Å². The van der Waals surface area contributed by atoms with Crippen molar-refractivity contribution >= 4 is 39.5 Å². The first-order chi connectivity index (χ1) is 54.0. The Hall–Kier alpha value is -2.46. The van der Waals surface area contributed by atoms with Crippen molar-refractivity contribution in [1.29, 1.82) is 0 Å². The summed E-state index contributed by atoms with van der Waals surface area (Å²) in [6.07, 6.45) is 82.8. The van der Waals surface area contributed by atoms with Crippen LogP contribution in [0.15, 0.2) is 24.3 Å². The molecule has 5 atom stereocenters. The predicted octanol–water partition coefficient (Wildman–Crippen LogP) is 28.3. The van der Waals surface area contributed by atoms with Gasteiger partial charge in [0.25, 0.3) is 0 Å². The quantitative estimate of drug-likeness (QED) is 0.0169. The molecule has 0 aromatic heterocycles. The molecule has 0 fully saturated rings. The summed E-state index contributed by atoms with van der Waals surface area (Å²) in [7, 11) is -9.95. The summed E-state index contributed by atoms with van der Waals surface area (Å²) < 4.78 is 69.0. The van der Waals surface area contributed by atoms with Gasteiger partial charge in [-0.3, -0.25) is 37.3 Å². The molecule has 0 aromatic rings. The van der Waals surface area contributed by atoms with Crippen molar-refractivity contribution in [3.8, 4) is 0 Å². The highest BCUT2D eigenvalue weighted by atomic mass is 31.2. The average Bonchev–Trinajstić information content (AvgIpc) is 0.903. The Kier molecular flexibility index (Phi) is 82.1. The van der Waals surface area contributed by atoms with E-state index in [1.807, 2.05) is 0 Å². The smallest absolute Gasteiger partial charge is 0.462 e. The zero-order chi connectivity index (χ0) is 81.1. The Bertz CT molecular complexity index is 2200. The number of unbranched alkanes of at least 4 members (excludes halogenated alkanes) is 59. The molecule has 3 N–H and O–H groups in total. The molecule has 0 heterocycles. The van der Waals surface area contributed by atoms with E-state index in [-0.39, 0.29) is 25.7 Å². The Morgan fingerprint density at radius 2 is 0.486 bits per heavy atom. The lowest BCUT2D eigenvalue weighted by atomic mass is 10.0. The fourth-order valence-electron chi connectivity index (χ4n) is 14.0. The number of esters is 4. The number of carbonyl (C=O) groups is 4. The van der Waals surface area contributed by atoms with Gasteiger partial charge in [-0.25, -0.2) is 9.13 Å². The number of phosphoric ester groups is 2. The molecule has 656 valence electrons. The van der Waals surface area contributed by atoms with Crippen molar-refractivity contribution in [3.63, 3.8) is 0 Å². The second-order valence-corrected chi connectivity index (χ2v) is 35.7. The van der Waals surface area contributed by atoms with E-state index in [4.69, 9.17) is 37.0 Å². The molecule has 0 bridgehead atoms. The lowest BCUT2D eigenvalue weighted by Crippen LogP contribution is -2.30. The van der Waals surface area contributed by atoms with Crippen LogP contribution >= 0.6 is 15.6 Å². The van der Waals surface area contributed by atoms with Crippen LogP contribution in [0.2, 0.25) is 0 Å². The normalized spacial score (nSPS) is 13.8. The van der Waals surface area contributed by atoms with Crippen molar-refractivity contribution in [2.45, 2.75) is 496 Å². The molecule has 0 aliphatic heterocycles. The summed E-state index contributed by atoms with van der Waals surface area (Å²) in [5, 5.41) is 10.7. The minimum Gasteiger partial charge on any atom is -0.462 e. The van der Waals surface area contributed by atoms with Crippen molar-refractivity contribution in [3.05, 3.63) is 24.3 Å². The highest BCUT2D eigenvalue weighted by molar-refractivity contribution is 7.47. The largest absolute Gasteiger partial charge is 0.472 e. The summed E-state index contributed by atoms with van der Waals surface area (Å²) in [5.74, 6) is -1.30. The number of rotatable bonds is 90. The monoisotopic (exact) mass is 1620 g/mol. The summed E-state index contributed by atoms with van der Waals surface area (Å²) in [6, 6.07) is 0. The third-order valence-corrected chi connectivity index (χ3v) is 23.1. The average molecular weight is 1620 g/mol. The first-order valence-electron chi connectivity index (χ1n) is 47.0. The van der Waals surface area contributed by atoms with Gasteiger partial charge < -0.3 is 33.8 Å². The standard InChI is InChI=1S/C92H176O17P2/c1-6-9-12-15-18-21-24-27-29-30-31-32-33-34-39-43-48-53-58-63-68-73-78-92(97)109-88(82-103-90(95)76-71-66-61-56-51-46-42-38-36-35-37-41-45-49-54-59-64-69-74-85(4)5)84-107-111(100,101)105-80-86(93)79-104-110(98,99)106-83-87(81-102-89(94)75-70-65-60-55-50-44-26-23-20-17-14-11-8-3)108-91(96)77-72-67-62-57-52-47-40-28-25-22-19-16-13-10-7-2/h22,25,28,40,85-88,93H,6-21,23-24,26-27,29-39,41-84H2,1-5H3,(H,98,99)(H,100,101)/b25-22-,40-28-/t86-,87+,88+/m0/s1. The predicted molar refractivity (Wildman–Crippen MR) is 460 cm³/mol. The lowest BCUT2D eigenvalue weighted by molar-refractivity contribution is -0.161. The van der Waals surface area contributed by atoms with Crippen LogP contribution in [0.4, 0.5) is 0 Å². The number of aliphatic hydroxyl groups is 1. The summed E-state index contributed by atoms with van der Waals surface area (Å²) in [5.41, 5.74) is 0. The molecule has 0 saturated heterocycles. The number of ether oxygens (including phenoxy) is 4.